The van der Waals surface area contributed by atoms with E-state index in [1.807, 2.05) is 49.6 Å². The Bertz CT molecular complexity index is 844. The van der Waals surface area contributed by atoms with Gasteiger partial charge in [0.25, 0.3) is 0 Å². The Balaban J connectivity index is 1.77. The summed E-state index contributed by atoms with van der Waals surface area (Å²) < 4.78 is 0. The van der Waals surface area contributed by atoms with E-state index in [1.54, 1.807) is 0 Å². The summed E-state index contributed by atoms with van der Waals surface area (Å²) in [6.07, 6.45) is 3.98. The number of fused-ring (bicyclic) bond motifs is 1. The number of aromatic amines is 1. The molecular weight excluding hydrogens is 274 g/mol. The van der Waals surface area contributed by atoms with Gasteiger partial charge in [0.1, 0.15) is 11.5 Å². The molecule has 0 bridgehead atoms. The van der Waals surface area contributed by atoms with Gasteiger partial charge in [0.05, 0.1) is 0 Å². The first-order valence-corrected chi connectivity index (χ1v) is 7.57. The second-order valence-corrected chi connectivity index (χ2v) is 5.76. The number of hydrogen-bond donors (Lipinski definition) is 2. The number of pyridine rings is 1. The van der Waals surface area contributed by atoms with Crippen LogP contribution >= 0.6 is 0 Å². The van der Waals surface area contributed by atoms with Crippen LogP contribution in [0.2, 0.25) is 0 Å². The molecule has 2 heterocycles. The normalized spacial score (nSPS) is 14.2. The van der Waals surface area contributed by atoms with Gasteiger partial charge in [-0.2, -0.15) is 0 Å². The van der Waals surface area contributed by atoms with Crippen molar-refractivity contribution in [3.63, 3.8) is 0 Å². The molecule has 4 heteroatoms. The third kappa shape index (κ3) is 2.17. The number of benzene rings is 1. The number of rotatable bonds is 4. The monoisotopic (exact) mass is 291 g/mol. The zero-order valence-electron chi connectivity index (χ0n) is 12.4. The summed E-state index contributed by atoms with van der Waals surface area (Å²) in [5, 5.41) is 4.17. The molecule has 0 amide bonds. The van der Waals surface area contributed by atoms with Crippen molar-refractivity contribution in [3.8, 4) is 11.1 Å². The molecule has 22 heavy (non-hydrogen) atoms. The molecule has 0 radical (unpaired) electrons. The molecule has 4 nitrogen and oxygen atoms in total. The Morgan fingerprint density at radius 2 is 2.00 bits per heavy atom. The van der Waals surface area contributed by atoms with Crippen LogP contribution in [0.15, 0.2) is 42.6 Å². The molecule has 1 aliphatic carbocycles. The van der Waals surface area contributed by atoms with Gasteiger partial charge >= 0.3 is 0 Å². The van der Waals surface area contributed by atoms with Gasteiger partial charge in [0, 0.05) is 30.1 Å². The molecule has 1 saturated carbocycles. The number of ketones is 1. The number of aromatic nitrogens is 2. The molecule has 110 valence electrons. The minimum atomic E-state index is 0.263. The lowest BCUT2D eigenvalue weighted by molar-refractivity contribution is 0.0967. The molecule has 4 rings (SSSR count). The molecular formula is C18H17N3O. The summed E-state index contributed by atoms with van der Waals surface area (Å²) in [6.45, 7) is 0. The zero-order valence-corrected chi connectivity index (χ0v) is 12.4. The Kier molecular flexibility index (Phi) is 2.96. The third-order valence-corrected chi connectivity index (χ3v) is 4.21. The fourth-order valence-electron chi connectivity index (χ4n) is 2.80. The first-order valence-electron chi connectivity index (χ1n) is 7.57. The van der Waals surface area contributed by atoms with Crippen molar-refractivity contribution in [3.05, 3.63) is 48.2 Å². The molecule has 0 atom stereocenters. The predicted octanol–water partition coefficient (Wildman–Crippen LogP) is 3.86. The van der Waals surface area contributed by atoms with Gasteiger partial charge in [0.15, 0.2) is 5.78 Å². The fourth-order valence-corrected chi connectivity index (χ4v) is 2.80. The highest BCUT2D eigenvalue weighted by Gasteiger charge is 2.30. The second-order valence-electron chi connectivity index (χ2n) is 5.76. The largest absolute Gasteiger partial charge is 0.373 e. The van der Waals surface area contributed by atoms with E-state index < -0.39 is 0 Å². The molecule has 2 N–H and O–H groups in total. The van der Waals surface area contributed by atoms with E-state index in [0.717, 1.165) is 46.4 Å². The smallest absolute Gasteiger partial charge is 0.165 e. The summed E-state index contributed by atoms with van der Waals surface area (Å²) in [6, 6.07) is 12.0. The summed E-state index contributed by atoms with van der Waals surface area (Å²) >= 11 is 0. The van der Waals surface area contributed by atoms with Crippen LogP contribution in [0.25, 0.3) is 22.2 Å². The average Bonchev–Trinajstić information content (AvgIpc) is 3.31. The zero-order chi connectivity index (χ0) is 15.1. The molecule has 1 aliphatic rings. The van der Waals surface area contributed by atoms with Crippen molar-refractivity contribution in [2.45, 2.75) is 12.8 Å². The van der Waals surface area contributed by atoms with Crippen LogP contribution in [0.5, 0.6) is 0 Å². The van der Waals surface area contributed by atoms with E-state index in [1.165, 1.54) is 0 Å². The standard InChI is InChI=1S/C18H17N3O/c1-19-16-10-15(14-8-9-20-18(14)21-16)11-2-4-12(5-3-11)17(22)13-6-7-13/h2-5,8-10,13H,6-7H2,1H3,(H2,19,20,21). The lowest BCUT2D eigenvalue weighted by Gasteiger charge is -2.08. The van der Waals surface area contributed by atoms with Crippen LogP contribution in [0.4, 0.5) is 5.82 Å². The number of nitrogens with one attached hydrogen (secondary N) is 2. The highest BCUT2D eigenvalue weighted by Crippen LogP contribution is 2.34. The first kappa shape index (κ1) is 13.1. The molecule has 0 unspecified atom stereocenters. The predicted molar refractivity (Wildman–Crippen MR) is 88.1 cm³/mol. The highest BCUT2D eigenvalue weighted by atomic mass is 16.1. The van der Waals surface area contributed by atoms with Gasteiger partial charge in [-0.05, 0) is 36.1 Å². The van der Waals surface area contributed by atoms with Gasteiger partial charge in [-0.1, -0.05) is 24.3 Å². The fraction of sp³-hybridized carbons (Fsp3) is 0.222. The van der Waals surface area contributed by atoms with Crippen molar-refractivity contribution >= 4 is 22.6 Å². The maximum atomic E-state index is 12.1. The minimum Gasteiger partial charge on any atom is -0.373 e. The number of carbonyl (C=O) groups is 1. The number of H-pyrrole nitrogens is 1. The SMILES string of the molecule is CNc1cc(-c2ccc(C(=O)C3CC3)cc2)c2cc[nH]c2n1. The maximum Gasteiger partial charge on any atom is 0.165 e. The lowest BCUT2D eigenvalue weighted by atomic mass is 9.99. The highest BCUT2D eigenvalue weighted by molar-refractivity contribution is 6.00. The number of Topliss-reactive ketones (excluding diaryl/α,β-unsaturated/α-hetero) is 1. The minimum absolute atomic E-state index is 0.263. The van der Waals surface area contributed by atoms with Gasteiger partial charge in [-0.25, -0.2) is 4.98 Å². The number of anilines is 1. The summed E-state index contributed by atoms with van der Waals surface area (Å²) in [5.41, 5.74) is 3.89. The number of nitrogens with zero attached hydrogens (tertiary/aromatic N) is 1. The number of carbonyl (C=O) groups excluding carboxylic acids is 1. The van der Waals surface area contributed by atoms with E-state index in [0.29, 0.717) is 0 Å². The Morgan fingerprint density at radius 1 is 1.23 bits per heavy atom. The summed E-state index contributed by atoms with van der Waals surface area (Å²) in [7, 11) is 1.86. The van der Waals surface area contributed by atoms with Crippen LogP contribution in [-0.4, -0.2) is 22.8 Å². The van der Waals surface area contributed by atoms with Crippen molar-refractivity contribution in [1.29, 1.82) is 0 Å². The topological polar surface area (TPSA) is 57.8 Å². The maximum absolute atomic E-state index is 12.1. The van der Waals surface area contributed by atoms with Gasteiger partial charge in [0.2, 0.25) is 0 Å². The van der Waals surface area contributed by atoms with Crippen LogP contribution in [0.1, 0.15) is 23.2 Å². The van der Waals surface area contributed by atoms with Crippen molar-refractivity contribution in [2.75, 3.05) is 12.4 Å². The van der Waals surface area contributed by atoms with Crippen molar-refractivity contribution < 1.29 is 4.79 Å². The molecule has 2 aromatic heterocycles. The molecule has 1 fully saturated rings. The molecule has 0 saturated heterocycles. The van der Waals surface area contributed by atoms with Gasteiger partial charge < -0.3 is 10.3 Å². The van der Waals surface area contributed by atoms with E-state index in [4.69, 9.17) is 0 Å². The van der Waals surface area contributed by atoms with Crippen LogP contribution in [-0.2, 0) is 0 Å². The molecule has 1 aromatic carbocycles. The Labute approximate surface area is 128 Å². The summed E-state index contributed by atoms with van der Waals surface area (Å²) in [5.74, 6) is 1.37. The van der Waals surface area contributed by atoms with E-state index >= 15 is 0 Å². The number of hydrogen-bond acceptors (Lipinski definition) is 3. The Morgan fingerprint density at radius 3 is 2.68 bits per heavy atom. The second kappa shape index (κ2) is 4.98. The van der Waals surface area contributed by atoms with Crippen LogP contribution in [0.3, 0.4) is 0 Å². The molecule has 0 aliphatic heterocycles. The van der Waals surface area contributed by atoms with E-state index in [9.17, 15) is 4.79 Å². The van der Waals surface area contributed by atoms with Gasteiger partial charge in [-0.15, -0.1) is 0 Å². The van der Waals surface area contributed by atoms with Gasteiger partial charge in [-0.3, -0.25) is 4.79 Å². The quantitative estimate of drug-likeness (QED) is 0.717. The van der Waals surface area contributed by atoms with E-state index in [-0.39, 0.29) is 11.7 Å². The molecule has 0 spiro atoms. The summed E-state index contributed by atoms with van der Waals surface area (Å²) in [4.78, 5) is 19.7. The third-order valence-electron chi connectivity index (χ3n) is 4.21. The molecule has 3 aromatic rings. The first-order chi connectivity index (χ1) is 10.8. The van der Waals surface area contributed by atoms with Crippen LogP contribution < -0.4 is 5.32 Å². The van der Waals surface area contributed by atoms with Crippen LogP contribution in [0, 0.1) is 5.92 Å². The Hall–Kier alpha value is -2.62. The average molecular weight is 291 g/mol. The van der Waals surface area contributed by atoms with Crippen molar-refractivity contribution in [2.24, 2.45) is 5.92 Å². The van der Waals surface area contributed by atoms with E-state index in [2.05, 4.69) is 15.3 Å². The lowest BCUT2D eigenvalue weighted by Crippen LogP contribution is -2.00. The van der Waals surface area contributed by atoms with Crippen molar-refractivity contribution in [1.82, 2.24) is 9.97 Å².